The fourth-order valence-corrected chi connectivity index (χ4v) is 1.91. The summed E-state index contributed by atoms with van der Waals surface area (Å²) in [5, 5.41) is 8.76. The van der Waals surface area contributed by atoms with Crippen LogP contribution in [0, 0.1) is 0 Å². The smallest absolute Gasteiger partial charge is 0.147 e. The Morgan fingerprint density at radius 2 is 1.72 bits per heavy atom. The average Bonchev–Trinajstić information content (AvgIpc) is 2.40. The highest BCUT2D eigenvalue weighted by Gasteiger charge is 2.04. The Bertz CT molecular complexity index is 181. The summed E-state index contributed by atoms with van der Waals surface area (Å²) in [5.41, 5.74) is 0. The molecule has 0 saturated carbocycles. The molecule has 0 aliphatic heterocycles. The molecular formula is C15H30O3. The molecule has 1 atom stereocenters. The molecule has 0 amide bonds. The first-order chi connectivity index (χ1) is 8.85. The molecule has 0 saturated heterocycles. The minimum atomic E-state index is 0.0733. The monoisotopic (exact) mass is 258 g/mol. The van der Waals surface area contributed by atoms with Gasteiger partial charge in [0.15, 0.2) is 0 Å². The van der Waals surface area contributed by atoms with Crippen molar-refractivity contribution in [3.63, 3.8) is 0 Å². The predicted octanol–water partition coefficient (Wildman–Crippen LogP) is 3.66. The van der Waals surface area contributed by atoms with Crippen molar-refractivity contribution in [2.24, 2.45) is 0 Å². The second-order valence-corrected chi connectivity index (χ2v) is 4.63. The standard InChI is InChI=1S/C15H30O3/c1-3-4-5-6-7-8-9-11-15(12-10-13-16)18-14-17-2/h10,12,15-16H,3-9,11,13-14H2,1-2H3/b12-10+/t15-/m0/s1. The van der Waals surface area contributed by atoms with E-state index in [2.05, 4.69) is 6.92 Å². The van der Waals surface area contributed by atoms with Crippen molar-refractivity contribution in [2.45, 2.75) is 64.4 Å². The first kappa shape index (κ1) is 17.6. The van der Waals surface area contributed by atoms with Crippen molar-refractivity contribution in [2.75, 3.05) is 20.5 Å². The van der Waals surface area contributed by atoms with Crippen molar-refractivity contribution in [1.82, 2.24) is 0 Å². The molecule has 0 fully saturated rings. The van der Waals surface area contributed by atoms with Gasteiger partial charge in [0.2, 0.25) is 0 Å². The van der Waals surface area contributed by atoms with E-state index >= 15 is 0 Å². The van der Waals surface area contributed by atoms with Crippen molar-refractivity contribution >= 4 is 0 Å². The van der Waals surface area contributed by atoms with Crippen molar-refractivity contribution in [1.29, 1.82) is 0 Å². The Hall–Kier alpha value is -0.380. The van der Waals surface area contributed by atoms with Gasteiger partial charge in [0.05, 0.1) is 12.7 Å². The Balaban J connectivity index is 3.52. The summed E-state index contributed by atoms with van der Waals surface area (Å²) in [5.74, 6) is 0. The number of rotatable bonds is 13. The third kappa shape index (κ3) is 12.1. The highest BCUT2D eigenvalue weighted by Crippen LogP contribution is 2.12. The van der Waals surface area contributed by atoms with Gasteiger partial charge in [0.1, 0.15) is 6.79 Å². The van der Waals surface area contributed by atoms with Gasteiger partial charge in [-0.3, -0.25) is 0 Å². The van der Waals surface area contributed by atoms with E-state index in [1.54, 1.807) is 13.2 Å². The van der Waals surface area contributed by atoms with E-state index in [9.17, 15) is 0 Å². The largest absolute Gasteiger partial charge is 0.392 e. The molecule has 0 aromatic heterocycles. The lowest BCUT2D eigenvalue weighted by Gasteiger charge is -2.13. The molecule has 0 unspecified atom stereocenters. The topological polar surface area (TPSA) is 38.7 Å². The normalized spacial score (nSPS) is 13.3. The van der Waals surface area contributed by atoms with Gasteiger partial charge >= 0.3 is 0 Å². The SMILES string of the molecule is CCCCCCCCC[C@@H](/C=C/CO)OCOC. The molecule has 0 heterocycles. The number of hydrogen-bond acceptors (Lipinski definition) is 3. The molecule has 0 aromatic carbocycles. The van der Waals surface area contributed by atoms with Crippen molar-refractivity contribution in [3.8, 4) is 0 Å². The van der Waals surface area contributed by atoms with Gasteiger partial charge in [0, 0.05) is 7.11 Å². The minimum absolute atomic E-state index is 0.0733. The first-order valence-corrected chi connectivity index (χ1v) is 7.23. The van der Waals surface area contributed by atoms with Gasteiger partial charge in [-0.05, 0) is 6.42 Å². The van der Waals surface area contributed by atoms with Crippen LogP contribution in [-0.2, 0) is 9.47 Å². The first-order valence-electron chi connectivity index (χ1n) is 7.23. The number of aliphatic hydroxyl groups is 1. The maximum absolute atomic E-state index is 8.76. The molecule has 0 aliphatic rings. The lowest BCUT2D eigenvalue weighted by atomic mass is 10.1. The number of ether oxygens (including phenoxy) is 2. The maximum Gasteiger partial charge on any atom is 0.147 e. The Morgan fingerprint density at radius 1 is 1.06 bits per heavy atom. The van der Waals surface area contributed by atoms with E-state index in [-0.39, 0.29) is 12.7 Å². The average molecular weight is 258 g/mol. The number of aliphatic hydroxyl groups excluding tert-OH is 1. The van der Waals surface area contributed by atoms with Crippen LogP contribution in [0.5, 0.6) is 0 Å². The molecule has 0 rings (SSSR count). The van der Waals surface area contributed by atoms with Crippen LogP contribution in [0.25, 0.3) is 0 Å². The number of hydrogen-bond donors (Lipinski definition) is 1. The molecule has 0 radical (unpaired) electrons. The zero-order chi connectivity index (χ0) is 13.5. The van der Waals surface area contributed by atoms with Crippen LogP contribution in [0.3, 0.4) is 0 Å². The highest BCUT2D eigenvalue weighted by atomic mass is 16.7. The van der Waals surface area contributed by atoms with Crippen LogP contribution in [-0.4, -0.2) is 31.7 Å². The fourth-order valence-electron chi connectivity index (χ4n) is 1.91. The summed E-state index contributed by atoms with van der Waals surface area (Å²) < 4.78 is 10.4. The van der Waals surface area contributed by atoms with Crippen LogP contribution >= 0.6 is 0 Å². The van der Waals surface area contributed by atoms with Crippen molar-refractivity contribution < 1.29 is 14.6 Å². The molecule has 108 valence electrons. The number of methoxy groups -OCH3 is 1. The zero-order valence-electron chi connectivity index (χ0n) is 12.1. The fraction of sp³-hybridized carbons (Fsp3) is 0.867. The van der Waals surface area contributed by atoms with Gasteiger partial charge in [-0.25, -0.2) is 0 Å². The van der Waals surface area contributed by atoms with E-state index in [0.29, 0.717) is 6.79 Å². The van der Waals surface area contributed by atoms with Gasteiger partial charge in [-0.2, -0.15) is 0 Å². The summed E-state index contributed by atoms with van der Waals surface area (Å²) >= 11 is 0. The minimum Gasteiger partial charge on any atom is -0.392 e. The molecule has 0 aliphatic carbocycles. The van der Waals surface area contributed by atoms with Crippen molar-refractivity contribution in [3.05, 3.63) is 12.2 Å². The molecule has 1 N–H and O–H groups in total. The molecule has 18 heavy (non-hydrogen) atoms. The summed E-state index contributed by atoms with van der Waals surface area (Å²) in [7, 11) is 1.63. The molecule has 0 spiro atoms. The highest BCUT2D eigenvalue weighted by molar-refractivity contribution is 4.89. The Kier molecular flexibility index (Phi) is 14.4. The summed E-state index contributed by atoms with van der Waals surface area (Å²) in [4.78, 5) is 0. The molecule has 3 heteroatoms. The Labute approximate surface area is 112 Å². The summed E-state index contributed by atoms with van der Waals surface area (Å²) in [6, 6.07) is 0. The maximum atomic E-state index is 8.76. The van der Waals surface area contributed by atoms with Crippen LogP contribution in [0.4, 0.5) is 0 Å². The molecule has 0 aromatic rings. The third-order valence-electron chi connectivity index (χ3n) is 2.95. The van der Waals surface area contributed by atoms with Gasteiger partial charge in [-0.15, -0.1) is 0 Å². The van der Waals surface area contributed by atoms with Crippen LogP contribution in [0.1, 0.15) is 58.3 Å². The van der Waals surface area contributed by atoms with Crippen LogP contribution in [0.15, 0.2) is 12.2 Å². The second kappa shape index (κ2) is 14.7. The van der Waals surface area contributed by atoms with Gasteiger partial charge in [-0.1, -0.05) is 64.0 Å². The quantitative estimate of drug-likeness (QED) is 0.311. The predicted molar refractivity (Wildman–Crippen MR) is 75.6 cm³/mol. The van der Waals surface area contributed by atoms with Gasteiger partial charge in [0.25, 0.3) is 0 Å². The van der Waals surface area contributed by atoms with E-state index in [1.165, 1.54) is 44.9 Å². The second-order valence-electron chi connectivity index (χ2n) is 4.63. The lowest BCUT2D eigenvalue weighted by Crippen LogP contribution is -2.12. The van der Waals surface area contributed by atoms with Gasteiger partial charge < -0.3 is 14.6 Å². The summed E-state index contributed by atoms with van der Waals surface area (Å²) in [6.45, 7) is 2.63. The van der Waals surface area contributed by atoms with Crippen LogP contribution in [0.2, 0.25) is 0 Å². The Morgan fingerprint density at radius 3 is 2.33 bits per heavy atom. The molecular weight excluding hydrogens is 228 g/mol. The van der Waals surface area contributed by atoms with E-state index < -0.39 is 0 Å². The molecule has 3 nitrogen and oxygen atoms in total. The number of unbranched alkanes of at least 4 members (excludes halogenated alkanes) is 6. The zero-order valence-corrected chi connectivity index (χ0v) is 12.1. The third-order valence-corrected chi connectivity index (χ3v) is 2.95. The van der Waals surface area contributed by atoms with E-state index in [0.717, 1.165) is 6.42 Å². The summed E-state index contributed by atoms with van der Waals surface area (Å²) in [6.07, 6.45) is 13.9. The molecule has 0 bridgehead atoms. The van der Waals surface area contributed by atoms with E-state index in [4.69, 9.17) is 14.6 Å². The van der Waals surface area contributed by atoms with Crippen LogP contribution < -0.4 is 0 Å². The lowest BCUT2D eigenvalue weighted by molar-refractivity contribution is -0.0581. The van der Waals surface area contributed by atoms with E-state index in [1.807, 2.05) is 6.08 Å².